The third-order valence-corrected chi connectivity index (χ3v) is 3.13. The van der Waals surface area contributed by atoms with Gasteiger partial charge >= 0.3 is 0 Å². The van der Waals surface area contributed by atoms with Crippen LogP contribution in [0.15, 0.2) is 43.1 Å². The third kappa shape index (κ3) is 3.79. The first-order valence-corrected chi connectivity index (χ1v) is 6.69. The molecule has 1 heterocycles. The molecule has 5 heteroatoms. The summed E-state index contributed by atoms with van der Waals surface area (Å²) in [6, 6.07) is 7.83. The lowest BCUT2D eigenvalue weighted by atomic mass is 10.1. The fraction of sp³-hybridized carbons (Fsp3) is 0.250. The highest BCUT2D eigenvalue weighted by molar-refractivity contribution is 5.62. The van der Waals surface area contributed by atoms with Crippen LogP contribution in [-0.4, -0.2) is 35.6 Å². The van der Waals surface area contributed by atoms with Gasteiger partial charge in [0.05, 0.1) is 12.8 Å². The van der Waals surface area contributed by atoms with Gasteiger partial charge in [0.2, 0.25) is 5.95 Å². The molecule has 1 aromatic heterocycles. The summed E-state index contributed by atoms with van der Waals surface area (Å²) in [4.78, 5) is 10.3. The number of nitrogen functional groups attached to an aromatic ring is 1. The second-order valence-corrected chi connectivity index (χ2v) is 4.81. The number of aromatic nitrogens is 2. The van der Waals surface area contributed by atoms with Gasteiger partial charge in [-0.15, -0.1) is 6.58 Å². The molecule has 0 radical (unpaired) electrons. The molecule has 0 spiro atoms. The van der Waals surface area contributed by atoms with Crippen LogP contribution < -0.4 is 10.5 Å². The summed E-state index contributed by atoms with van der Waals surface area (Å²) in [5, 5.41) is 0. The van der Waals surface area contributed by atoms with Gasteiger partial charge in [0.25, 0.3) is 0 Å². The molecule has 21 heavy (non-hydrogen) atoms. The van der Waals surface area contributed by atoms with Crippen molar-refractivity contribution in [3.8, 4) is 17.0 Å². The molecule has 0 fully saturated rings. The molecule has 0 aliphatic carbocycles. The first-order chi connectivity index (χ1) is 10.1. The van der Waals surface area contributed by atoms with Gasteiger partial charge < -0.3 is 10.5 Å². The van der Waals surface area contributed by atoms with Gasteiger partial charge in [-0.25, -0.2) is 9.97 Å². The van der Waals surface area contributed by atoms with Crippen molar-refractivity contribution in [2.24, 2.45) is 0 Å². The van der Waals surface area contributed by atoms with Crippen LogP contribution in [0.4, 0.5) is 5.95 Å². The Morgan fingerprint density at radius 1 is 1.38 bits per heavy atom. The third-order valence-electron chi connectivity index (χ3n) is 3.13. The summed E-state index contributed by atoms with van der Waals surface area (Å²) in [6.45, 7) is 5.34. The van der Waals surface area contributed by atoms with Gasteiger partial charge in [-0.05, 0) is 31.3 Å². The van der Waals surface area contributed by atoms with Gasteiger partial charge in [0.15, 0.2) is 0 Å². The van der Waals surface area contributed by atoms with Crippen LogP contribution in [0.5, 0.6) is 5.75 Å². The fourth-order valence-corrected chi connectivity index (χ4v) is 2.17. The first-order valence-electron chi connectivity index (χ1n) is 6.69. The Bertz CT molecular complexity index is 627. The van der Waals surface area contributed by atoms with E-state index in [0.29, 0.717) is 0 Å². The SMILES string of the molecule is C=CCN(C)Cc1cc(-c2ccnc(N)n2)ccc1OC. The van der Waals surface area contributed by atoms with Crippen molar-refractivity contribution >= 4 is 5.95 Å². The van der Waals surface area contributed by atoms with Crippen LogP contribution in [0.3, 0.4) is 0 Å². The Morgan fingerprint density at radius 3 is 2.86 bits per heavy atom. The number of ether oxygens (including phenoxy) is 1. The zero-order valence-electron chi connectivity index (χ0n) is 12.4. The maximum atomic E-state index is 5.64. The van der Waals surface area contributed by atoms with Crippen molar-refractivity contribution in [1.82, 2.24) is 14.9 Å². The van der Waals surface area contributed by atoms with Crippen LogP contribution in [0.25, 0.3) is 11.3 Å². The Morgan fingerprint density at radius 2 is 2.19 bits per heavy atom. The molecule has 2 rings (SSSR count). The minimum absolute atomic E-state index is 0.272. The highest BCUT2D eigenvalue weighted by atomic mass is 16.5. The second kappa shape index (κ2) is 6.85. The molecule has 0 atom stereocenters. The van der Waals surface area contributed by atoms with E-state index in [0.717, 1.165) is 35.7 Å². The molecule has 0 saturated carbocycles. The molecular weight excluding hydrogens is 264 g/mol. The molecule has 0 unspecified atom stereocenters. The topological polar surface area (TPSA) is 64.3 Å². The molecule has 0 saturated heterocycles. The van der Waals surface area contributed by atoms with Crippen LogP contribution >= 0.6 is 0 Å². The Kier molecular flexibility index (Phi) is 4.90. The van der Waals surface area contributed by atoms with Crippen molar-refractivity contribution < 1.29 is 4.74 Å². The van der Waals surface area contributed by atoms with E-state index in [2.05, 4.69) is 27.5 Å². The Hall–Kier alpha value is -2.40. The average molecular weight is 284 g/mol. The second-order valence-electron chi connectivity index (χ2n) is 4.81. The van der Waals surface area contributed by atoms with E-state index in [-0.39, 0.29) is 5.95 Å². The van der Waals surface area contributed by atoms with Crippen molar-refractivity contribution in [2.75, 3.05) is 26.4 Å². The van der Waals surface area contributed by atoms with Gasteiger partial charge in [-0.2, -0.15) is 0 Å². The molecule has 2 N–H and O–H groups in total. The summed E-state index contributed by atoms with van der Waals surface area (Å²) in [5.41, 5.74) is 8.53. The number of benzene rings is 1. The predicted octanol–water partition coefficient (Wildman–Crippen LogP) is 2.35. The minimum atomic E-state index is 0.272. The smallest absolute Gasteiger partial charge is 0.220 e. The van der Waals surface area contributed by atoms with Crippen LogP contribution in [-0.2, 0) is 6.54 Å². The predicted molar refractivity (Wildman–Crippen MR) is 85.0 cm³/mol. The molecule has 0 aliphatic heterocycles. The molecule has 5 nitrogen and oxygen atoms in total. The van der Waals surface area contributed by atoms with Gasteiger partial charge in [-0.1, -0.05) is 6.08 Å². The van der Waals surface area contributed by atoms with Gasteiger partial charge in [-0.3, -0.25) is 4.90 Å². The van der Waals surface area contributed by atoms with E-state index >= 15 is 0 Å². The lowest BCUT2D eigenvalue weighted by Gasteiger charge is -2.17. The summed E-state index contributed by atoms with van der Waals surface area (Å²) in [7, 11) is 3.71. The molecule has 110 valence electrons. The maximum Gasteiger partial charge on any atom is 0.220 e. The number of hydrogen-bond donors (Lipinski definition) is 1. The molecule has 0 bridgehead atoms. The lowest BCUT2D eigenvalue weighted by molar-refractivity contribution is 0.347. The quantitative estimate of drug-likeness (QED) is 0.825. The van der Waals surface area contributed by atoms with E-state index in [1.54, 1.807) is 13.3 Å². The number of nitrogens with two attached hydrogens (primary N) is 1. The molecular formula is C16H20N4O. The highest BCUT2D eigenvalue weighted by Crippen LogP contribution is 2.26. The van der Waals surface area contributed by atoms with Crippen LogP contribution in [0.1, 0.15) is 5.56 Å². The molecule has 1 aromatic carbocycles. The van der Waals surface area contributed by atoms with Crippen molar-refractivity contribution in [3.05, 3.63) is 48.7 Å². The number of likely N-dealkylation sites (N-methyl/N-ethyl adjacent to an activating group) is 1. The normalized spacial score (nSPS) is 10.6. The minimum Gasteiger partial charge on any atom is -0.496 e. The van der Waals surface area contributed by atoms with Gasteiger partial charge in [0.1, 0.15) is 5.75 Å². The fourth-order valence-electron chi connectivity index (χ4n) is 2.17. The number of hydrogen-bond acceptors (Lipinski definition) is 5. The zero-order chi connectivity index (χ0) is 15.2. The maximum absolute atomic E-state index is 5.64. The van der Waals surface area contributed by atoms with E-state index in [4.69, 9.17) is 10.5 Å². The molecule has 0 amide bonds. The van der Waals surface area contributed by atoms with Crippen LogP contribution in [0, 0.1) is 0 Å². The van der Waals surface area contributed by atoms with E-state index in [1.807, 2.05) is 31.3 Å². The number of rotatable bonds is 6. The summed E-state index contributed by atoms with van der Waals surface area (Å²) in [6.07, 6.45) is 3.53. The van der Waals surface area contributed by atoms with E-state index in [9.17, 15) is 0 Å². The van der Waals surface area contributed by atoms with Crippen molar-refractivity contribution in [2.45, 2.75) is 6.54 Å². The standard InChI is InChI=1S/C16H20N4O/c1-4-9-20(2)11-13-10-12(5-6-15(13)21-3)14-7-8-18-16(17)19-14/h4-8,10H,1,9,11H2,2-3H3,(H2,17,18,19). The number of anilines is 1. The Labute approximate surface area is 125 Å². The summed E-state index contributed by atoms with van der Waals surface area (Å²) in [5.74, 6) is 1.13. The van der Waals surface area contributed by atoms with Crippen LogP contribution in [0.2, 0.25) is 0 Å². The van der Waals surface area contributed by atoms with Crippen molar-refractivity contribution in [1.29, 1.82) is 0 Å². The molecule has 2 aromatic rings. The average Bonchev–Trinajstić information content (AvgIpc) is 2.47. The van der Waals surface area contributed by atoms with E-state index < -0.39 is 0 Å². The monoisotopic (exact) mass is 284 g/mol. The van der Waals surface area contributed by atoms with E-state index in [1.165, 1.54) is 0 Å². The first kappa shape index (κ1) is 15.0. The number of nitrogens with zero attached hydrogens (tertiary/aromatic N) is 3. The summed E-state index contributed by atoms with van der Waals surface area (Å²) >= 11 is 0. The van der Waals surface area contributed by atoms with Gasteiger partial charge in [0, 0.05) is 30.4 Å². The Balaban J connectivity index is 2.35. The zero-order valence-corrected chi connectivity index (χ0v) is 12.4. The highest BCUT2D eigenvalue weighted by Gasteiger charge is 2.09. The molecule has 0 aliphatic rings. The lowest BCUT2D eigenvalue weighted by Crippen LogP contribution is -2.18. The van der Waals surface area contributed by atoms with Crippen molar-refractivity contribution in [3.63, 3.8) is 0 Å². The largest absolute Gasteiger partial charge is 0.496 e. The number of methoxy groups -OCH3 is 1. The summed E-state index contributed by atoms with van der Waals surface area (Å²) < 4.78 is 5.43.